The van der Waals surface area contributed by atoms with E-state index in [1.807, 2.05) is 0 Å². The highest BCUT2D eigenvalue weighted by Crippen LogP contribution is 2.31. The predicted octanol–water partition coefficient (Wildman–Crippen LogP) is 2.69. The van der Waals surface area contributed by atoms with Crippen molar-refractivity contribution in [2.45, 2.75) is 17.8 Å². The van der Waals surface area contributed by atoms with Crippen molar-refractivity contribution in [3.63, 3.8) is 0 Å². The van der Waals surface area contributed by atoms with Crippen molar-refractivity contribution >= 4 is 15.9 Å². The van der Waals surface area contributed by atoms with Crippen molar-refractivity contribution in [2.75, 3.05) is 25.4 Å². The Balaban J connectivity index is 2.12. The number of sulfone groups is 1. The molecular weight excluding hydrogens is 354 g/mol. The van der Waals surface area contributed by atoms with Crippen LogP contribution in [0.25, 0.3) is 0 Å². The third kappa shape index (κ3) is 4.59. The van der Waals surface area contributed by atoms with E-state index in [4.69, 9.17) is 0 Å². The first-order valence-electron chi connectivity index (χ1n) is 7.04. The normalized spacial score (nSPS) is 21.2. The maximum absolute atomic E-state index is 13.9. The summed E-state index contributed by atoms with van der Waals surface area (Å²) in [5.41, 5.74) is -0.0111. The van der Waals surface area contributed by atoms with Crippen LogP contribution in [0.3, 0.4) is 0 Å². The van der Waals surface area contributed by atoms with E-state index in [1.165, 1.54) is 18.2 Å². The van der Waals surface area contributed by atoms with Gasteiger partial charge in [0.25, 0.3) is 0 Å². The van der Waals surface area contributed by atoms with Gasteiger partial charge in [-0.3, -0.25) is 0 Å². The van der Waals surface area contributed by atoms with Crippen LogP contribution in [0.4, 0.5) is 22.4 Å². The smallest absolute Gasteiger partial charge is 0.422 e. The lowest BCUT2D eigenvalue weighted by Crippen LogP contribution is -2.36. The maximum Gasteiger partial charge on any atom is 0.422 e. The maximum atomic E-state index is 13.9. The Hall–Kier alpha value is -1.84. The summed E-state index contributed by atoms with van der Waals surface area (Å²) in [6.45, 7) is -2.19. The molecule has 1 aromatic rings. The number of amides is 1. The number of benzene rings is 1. The second-order valence-corrected chi connectivity index (χ2v) is 7.63. The van der Waals surface area contributed by atoms with Crippen LogP contribution in [-0.4, -0.2) is 51.0 Å². The van der Waals surface area contributed by atoms with E-state index in [9.17, 15) is 30.8 Å². The highest BCUT2D eigenvalue weighted by molar-refractivity contribution is 7.91. The monoisotopic (exact) mass is 369 g/mol. The molecule has 134 valence electrons. The van der Waals surface area contributed by atoms with E-state index in [0.29, 0.717) is 0 Å². The lowest BCUT2D eigenvalue weighted by Gasteiger charge is -2.20. The first-order chi connectivity index (χ1) is 11.1. The van der Waals surface area contributed by atoms with Gasteiger partial charge in [0.1, 0.15) is 5.82 Å². The van der Waals surface area contributed by atoms with Gasteiger partial charge in [-0.25, -0.2) is 17.6 Å². The SMILES string of the molecule is O=C(OCC(F)(F)F)N1CCC(c2ccccc2F)S(=O)(=O)CC1. The molecule has 1 aliphatic rings. The molecule has 1 fully saturated rings. The Labute approximate surface area is 136 Å². The topological polar surface area (TPSA) is 63.7 Å². The molecule has 1 heterocycles. The average Bonchev–Trinajstić information content (AvgIpc) is 2.63. The van der Waals surface area contributed by atoms with Crippen LogP contribution in [-0.2, 0) is 14.6 Å². The lowest BCUT2D eigenvalue weighted by atomic mass is 10.1. The standard InChI is InChI=1S/C14H15F4NO4S/c15-11-4-2-1-3-10(11)12-5-6-19(7-8-24(12,21)22)13(20)23-9-14(16,17)18/h1-4,12H,5-9H2. The Kier molecular flexibility index (Phi) is 5.36. The molecule has 0 N–H and O–H groups in total. The van der Waals surface area contributed by atoms with Crippen molar-refractivity contribution in [1.82, 2.24) is 4.90 Å². The van der Waals surface area contributed by atoms with Gasteiger partial charge in [-0.2, -0.15) is 13.2 Å². The zero-order valence-electron chi connectivity index (χ0n) is 12.4. The van der Waals surface area contributed by atoms with Gasteiger partial charge in [-0.05, 0) is 12.5 Å². The number of alkyl halides is 3. The van der Waals surface area contributed by atoms with Gasteiger partial charge >= 0.3 is 12.3 Å². The van der Waals surface area contributed by atoms with Crippen LogP contribution in [0, 0.1) is 5.82 Å². The minimum Gasteiger partial charge on any atom is -0.440 e. The van der Waals surface area contributed by atoms with Gasteiger partial charge in [0, 0.05) is 18.7 Å². The number of halogens is 4. The second kappa shape index (κ2) is 6.96. The first kappa shape index (κ1) is 18.5. The quantitative estimate of drug-likeness (QED) is 0.752. The van der Waals surface area contributed by atoms with Crippen molar-refractivity contribution in [3.8, 4) is 0 Å². The van der Waals surface area contributed by atoms with Crippen molar-refractivity contribution in [2.24, 2.45) is 0 Å². The van der Waals surface area contributed by atoms with Gasteiger partial charge in [0.05, 0.1) is 11.0 Å². The average molecular weight is 369 g/mol. The number of nitrogens with zero attached hydrogens (tertiary/aromatic N) is 1. The number of hydrogen-bond donors (Lipinski definition) is 0. The highest BCUT2D eigenvalue weighted by Gasteiger charge is 2.36. The molecule has 2 rings (SSSR count). The number of hydrogen-bond acceptors (Lipinski definition) is 4. The molecule has 1 atom stereocenters. The third-order valence-corrected chi connectivity index (χ3v) is 5.72. The molecule has 10 heteroatoms. The Morgan fingerprint density at radius 3 is 2.54 bits per heavy atom. The highest BCUT2D eigenvalue weighted by atomic mass is 32.2. The molecule has 1 aromatic carbocycles. The summed E-state index contributed by atoms with van der Waals surface area (Å²) in [6.07, 6.45) is -6.02. The van der Waals surface area contributed by atoms with Crippen LogP contribution in [0.2, 0.25) is 0 Å². The van der Waals surface area contributed by atoms with Crippen LogP contribution < -0.4 is 0 Å². The van der Waals surface area contributed by atoms with Crippen LogP contribution in [0.15, 0.2) is 24.3 Å². The number of carbonyl (C=O) groups is 1. The van der Waals surface area contributed by atoms with Gasteiger partial charge < -0.3 is 9.64 Å². The van der Waals surface area contributed by atoms with Crippen LogP contribution in [0.5, 0.6) is 0 Å². The minimum absolute atomic E-state index is 0.0111. The zero-order valence-corrected chi connectivity index (χ0v) is 13.2. The summed E-state index contributed by atoms with van der Waals surface area (Å²) in [5, 5.41) is -1.15. The predicted molar refractivity (Wildman–Crippen MR) is 76.5 cm³/mol. The van der Waals surface area contributed by atoms with Gasteiger partial charge in [0.2, 0.25) is 0 Å². The van der Waals surface area contributed by atoms with Gasteiger partial charge in [-0.15, -0.1) is 0 Å². The van der Waals surface area contributed by atoms with E-state index >= 15 is 0 Å². The minimum atomic E-state index is -4.66. The summed E-state index contributed by atoms with van der Waals surface area (Å²) in [4.78, 5) is 12.5. The molecule has 0 radical (unpaired) electrons. The molecule has 1 saturated heterocycles. The molecule has 1 aliphatic heterocycles. The fourth-order valence-corrected chi connectivity index (χ4v) is 4.25. The molecule has 0 bridgehead atoms. The first-order valence-corrected chi connectivity index (χ1v) is 8.76. The molecule has 1 amide bonds. The summed E-state index contributed by atoms with van der Waals surface area (Å²) in [5.74, 6) is -1.16. The fraction of sp³-hybridized carbons (Fsp3) is 0.500. The fourth-order valence-electron chi connectivity index (χ4n) is 2.45. The third-order valence-electron chi connectivity index (χ3n) is 3.61. The van der Waals surface area contributed by atoms with E-state index in [-0.39, 0.29) is 25.1 Å². The second-order valence-electron chi connectivity index (χ2n) is 5.32. The number of rotatable bonds is 2. The summed E-state index contributed by atoms with van der Waals surface area (Å²) in [6, 6.07) is 5.39. The van der Waals surface area contributed by atoms with Crippen molar-refractivity contribution in [3.05, 3.63) is 35.6 Å². The molecule has 1 unspecified atom stereocenters. The van der Waals surface area contributed by atoms with Crippen molar-refractivity contribution < 1.29 is 35.5 Å². The Bertz CT molecular complexity index is 705. The summed E-state index contributed by atoms with van der Waals surface area (Å²) in [7, 11) is -3.76. The lowest BCUT2D eigenvalue weighted by molar-refractivity contribution is -0.162. The molecular formula is C14H15F4NO4S. The number of carbonyl (C=O) groups excluding carboxylic acids is 1. The zero-order chi connectivity index (χ0) is 18.0. The van der Waals surface area contributed by atoms with E-state index in [2.05, 4.69) is 4.74 Å². The molecule has 0 aromatic heterocycles. The molecule has 0 spiro atoms. The summed E-state index contributed by atoms with van der Waals surface area (Å²) >= 11 is 0. The Morgan fingerprint density at radius 1 is 1.25 bits per heavy atom. The van der Waals surface area contributed by atoms with Gasteiger partial charge in [-0.1, -0.05) is 18.2 Å². The summed E-state index contributed by atoms with van der Waals surface area (Å²) < 4.78 is 78.9. The largest absolute Gasteiger partial charge is 0.440 e. The van der Waals surface area contributed by atoms with E-state index < -0.39 is 45.5 Å². The molecule has 24 heavy (non-hydrogen) atoms. The Morgan fingerprint density at radius 2 is 1.92 bits per heavy atom. The number of ether oxygens (including phenoxy) is 1. The van der Waals surface area contributed by atoms with E-state index in [1.54, 1.807) is 0 Å². The van der Waals surface area contributed by atoms with Crippen LogP contribution in [0.1, 0.15) is 17.2 Å². The molecule has 5 nitrogen and oxygen atoms in total. The molecule has 0 saturated carbocycles. The van der Waals surface area contributed by atoms with Gasteiger partial charge in [0.15, 0.2) is 16.4 Å². The van der Waals surface area contributed by atoms with E-state index in [0.717, 1.165) is 11.0 Å². The molecule has 0 aliphatic carbocycles. The van der Waals surface area contributed by atoms with Crippen molar-refractivity contribution in [1.29, 1.82) is 0 Å². The van der Waals surface area contributed by atoms with Crippen LogP contribution >= 0.6 is 0 Å².